The highest BCUT2D eigenvalue weighted by molar-refractivity contribution is 7.45. The summed E-state index contributed by atoms with van der Waals surface area (Å²) >= 11 is 0. The first-order chi connectivity index (χ1) is 18.1. The molecule has 0 aliphatic rings. The minimum Gasteiger partial charge on any atom is -0.756 e. The number of hydrogen-bond acceptors (Lipinski definition) is 6. The van der Waals surface area contributed by atoms with Gasteiger partial charge in [-0.15, -0.1) is 0 Å². The molecule has 0 amide bonds. The predicted molar refractivity (Wildman–Crippen MR) is 153 cm³/mol. The number of benzene rings is 1. The van der Waals surface area contributed by atoms with Crippen molar-refractivity contribution in [2.45, 2.75) is 97.8 Å². The third-order valence-electron chi connectivity index (χ3n) is 7.06. The first-order valence-corrected chi connectivity index (χ1v) is 16.2. The Kier molecular flexibility index (Phi) is 18.1. The highest BCUT2D eigenvalue weighted by atomic mass is 31.2. The van der Waals surface area contributed by atoms with Gasteiger partial charge in [0.15, 0.2) is 0 Å². The summed E-state index contributed by atoms with van der Waals surface area (Å²) in [5.74, 6) is 0.577. The Balaban J connectivity index is 2.36. The van der Waals surface area contributed by atoms with Crippen molar-refractivity contribution in [3.63, 3.8) is 0 Å². The number of unbranched alkanes of at least 4 members (excludes halogenated alkanes) is 9. The zero-order valence-corrected chi connectivity index (χ0v) is 25.6. The van der Waals surface area contributed by atoms with E-state index in [4.69, 9.17) is 13.8 Å². The molecule has 0 aliphatic carbocycles. The van der Waals surface area contributed by atoms with Gasteiger partial charge in [0.05, 0.1) is 33.9 Å². The fraction of sp³-hybridized carbons (Fsp3) is 0.767. The van der Waals surface area contributed by atoms with Crippen LogP contribution in [0.3, 0.4) is 0 Å². The van der Waals surface area contributed by atoms with Crippen molar-refractivity contribution >= 4 is 13.6 Å². The number of ketones is 1. The molecule has 1 aromatic carbocycles. The van der Waals surface area contributed by atoms with Crippen molar-refractivity contribution in [2.75, 3.05) is 47.0 Å². The van der Waals surface area contributed by atoms with E-state index in [1.807, 2.05) is 45.3 Å². The molecule has 220 valence electrons. The molecule has 8 heteroatoms. The van der Waals surface area contributed by atoms with Crippen LogP contribution in [0.2, 0.25) is 0 Å². The van der Waals surface area contributed by atoms with Crippen LogP contribution >= 0.6 is 7.82 Å². The van der Waals surface area contributed by atoms with Gasteiger partial charge in [0.25, 0.3) is 7.82 Å². The second-order valence-electron chi connectivity index (χ2n) is 11.2. The standard InChI is InChI=1S/C30H54NO6P/c1-6-8-9-10-11-12-13-14-15-16-22-35-30-19-17-28(18-20-30)25-29(24-27(3)32)26-37-38(33,34)36-23-21-31(4,5)7-2/h17-20,29H,6-16,21-26H2,1-5H3. The zero-order chi connectivity index (χ0) is 28.3. The molecule has 0 bridgehead atoms. The van der Waals surface area contributed by atoms with Gasteiger partial charge in [0.2, 0.25) is 0 Å². The third kappa shape index (κ3) is 18.1. The van der Waals surface area contributed by atoms with E-state index >= 15 is 0 Å². The van der Waals surface area contributed by atoms with E-state index in [2.05, 4.69) is 6.92 Å². The maximum absolute atomic E-state index is 12.2. The van der Waals surface area contributed by atoms with Crippen LogP contribution in [0.1, 0.15) is 97.0 Å². The van der Waals surface area contributed by atoms with Crippen molar-refractivity contribution in [3.05, 3.63) is 29.8 Å². The molecule has 38 heavy (non-hydrogen) atoms. The minimum absolute atomic E-state index is 0.00121. The number of Topliss-reactive ketones (excluding diaryl/α,β-unsaturated/α-hetero) is 1. The predicted octanol–water partition coefficient (Wildman–Crippen LogP) is 6.72. The first-order valence-electron chi connectivity index (χ1n) is 14.7. The summed E-state index contributed by atoms with van der Waals surface area (Å²) in [4.78, 5) is 24.0. The number of phosphoric acid groups is 1. The van der Waals surface area contributed by atoms with Crippen molar-refractivity contribution < 1.29 is 32.5 Å². The molecule has 1 aromatic rings. The average Bonchev–Trinajstić information content (AvgIpc) is 2.86. The summed E-state index contributed by atoms with van der Waals surface area (Å²) in [5.41, 5.74) is 1.01. The summed E-state index contributed by atoms with van der Waals surface area (Å²) < 4.78 is 29.0. The Morgan fingerprint density at radius 2 is 1.47 bits per heavy atom. The molecule has 0 radical (unpaired) electrons. The summed E-state index contributed by atoms with van der Waals surface area (Å²) in [6.45, 7) is 7.94. The third-order valence-corrected chi connectivity index (χ3v) is 8.03. The normalized spacial score (nSPS) is 14.3. The molecule has 0 spiro atoms. The number of ether oxygens (including phenoxy) is 1. The Labute approximate surface area is 232 Å². The van der Waals surface area contributed by atoms with Gasteiger partial charge in [-0.3, -0.25) is 4.57 Å². The van der Waals surface area contributed by atoms with Crippen LogP contribution in [0.15, 0.2) is 24.3 Å². The summed E-state index contributed by atoms with van der Waals surface area (Å²) in [7, 11) is -0.399. The molecule has 2 unspecified atom stereocenters. The van der Waals surface area contributed by atoms with E-state index in [0.29, 0.717) is 24.1 Å². The van der Waals surface area contributed by atoms with Gasteiger partial charge in [0, 0.05) is 6.42 Å². The lowest BCUT2D eigenvalue weighted by molar-refractivity contribution is -0.888. The van der Waals surface area contributed by atoms with Crippen molar-refractivity contribution in [1.82, 2.24) is 0 Å². The Morgan fingerprint density at radius 1 is 0.895 bits per heavy atom. The number of nitrogens with zero attached hydrogens (tertiary/aromatic N) is 1. The maximum atomic E-state index is 12.2. The fourth-order valence-electron chi connectivity index (χ4n) is 4.22. The van der Waals surface area contributed by atoms with Gasteiger partial charge in [-0.2, -0.15) is 0 Å². The van der Waals surface area contributed by atoms with Crippen LogP contribution in [-0.2, 0) is 24.8 Å². The van der Waals surface area contributed by atoms with E-state index in [1.54, 1.807) is 0 Å². The van der Waals surface area contributed by atoms with Gasteiger partial charge in [-0.25, -0.2) is 0 Å². The lowest BCUT2D eigenvalue weighted by Gasteiger charge is -2.30. The number of carbonyl (C=O) groups excluding carboxylic acids is 1. The average molecular weight is 556 g/mol. The van der Waals surface area contributed by atoms with E-state index in [0.717, 1.165) is 24.3 Å². The van der Waals surface area contributed by atoms with Gasteiger partial charge in [-0.1, -0.05) is 76.8 Å². The van der Waals surface area contributed by atoms with Crippen molar-refractivity contribution in [3.8, 4) is 5.75 Å². The van der Waals surface area contributed by atoms with Gasteiger partial charge < -0.3 is 28.0 Å². The summed E-state index contributed by atoms with van der Waals surface area (Å²) in [6.07, 6.45) is 13.8. The summed E-state index contributed by atoms with van der Waals surface area (Å²) in [5, 5.41) is 0. The Morgan fingerprint density at radius 3 is 2.03 bits per heavy atom. The number of likely N-dealkylation sites (N-methyl/N-ethyl adjacent to an activating group) is 1. The molecule has 1 rings (SSSR count). The molecule has 0 N–H and O–H groups in total. The topological polar surface area (TPSA) is 84.9 Å². The van der Waals surface area contributed by atoms with Crippen LogP contribution < -0.4 is 9.63 Å². The smallest absolute Gasteiger partial charge is 0.268 e. The molecule has 0 aromatic heterocycles. The molecule has 0 saturated carbocycles. The Hall–Kier alpha value is -1.24. The quantitative estimate of drug-likeness (QED) is 0.0800. The van der Waals surface area contributed by atoms with Crippen molar-refractivity contribution in [1.29, 1.82) is 0 Å². The molecule has 0 saturated heterocycles. The first kappa shape index (κ1) is 34.8. The lowest BCUT2D eigenvalue weighted by Crippen LogP contribution is -2.41. The van der Waals surface area contributed by atoms with Crippen LogP contribution in [0, 0.1) is 5.92 Å². The van der Waals surface area contributed by atoms with Crippen LogP contribution in [0.5, 0.6) is 5.75 Å². The monoisotopic (exact) mass is 555 g/mol. The van der Waals surface area contributed by atoms with Crippen molar-refractivity contribution in [2.24, 2.45) is 5.92 Å². The Bertz CT molecular complexity index is 798. The van der Waals surface area contributed by atoms with Gasteiger partial charge >= 0.3 is 0 Å². The molecular weight excluding hydrogens is 501 g/mol. The largest absolute Gasteiger partial charge is 0.756 e. The second-order valence-corrected chi connectivity index (χ2v) is 12.6. The molecule has 0 heterocycles. The van der Waals surface area contributed by atoms with Crippen LogP contribution in [-0.4, -0.2) is 57.3 Å². The lowest BCUT2D eigenvalue weighted by atomic mass is 9.95. The second kappa shape index (κ2) is 19.8. The van der Waals surface area contributed by atoms with E-state index in [9.17, 15) is 14.3 Å². The number of quaternary nitrogens is 1. The SMILES string of the molecule is CCCCCCCCCCCCOc1ccc(CC(COP(=O)([O-])OCC[N+](C)(C)CC)CC(C)=O)cc1. The molecule has 0 aliphatic heterocycles. The number of carbonyl (C=O) groups is 1. The summed E-state index contributed by atoms with van der Waals surface area (Å²) in [6, 6.07) is 7.82. The number of hydrogen-bond donors (Lipinski definition) is 0. The number of rotatable bonds is 24. The van der Waals surface area contributed by atoms with Crippen LogP contribution in [0.25, 0.3) is 0 Å². The molecule has 2 atom stereocenters. The molecular formula is C30H54NO6P. The maximum Gasteiger partial charge on any atom is 0.268 e. The number of phosphoric ester groups is 1. The fourth-order valence-corrected chi connectivity index (χ4v) is 5.00. The van der Waals surface area contributed by atoms with E-state index in [-0.39, 0.29) is 31.3 Å². The highest BCUT2D eigenvalue weighted by Crippen LogP contribution is 2.39. The highest BCUT2D eigenvalue weighted by Gasteiger charge is 2.19. The van der Waals surface area contributed by atoms with E-state index < -0.39 is 7.82 Å². The minimum atomic E-state index is -4.42. The molecule has 0 fully saturated rings. The zero-order valence-electron chi connectivity index (χ0n) is 24.8. The van der Waals surface area contributed by atoms with Gasteiger partial charge in [0.1, 0.15) is 24.7 Å². The van der Waals surface area contributed by atoms with E-state index in [1.165, 1.54) is 64.7 Å². The van der Waals surface area contributed by atoms with Crippen LogP contribution in [0.4, 0.5) is 0 Å². The van der Waals surface area contributed by atoms with Gasteiger partial charge in [-0.05, 0) is 50.3 Å². The molecule has 7 nitrogen and oxygen atoms in total.